The van der Waals surface area contributed by atoms with E-state index in [9.17, 15) is 0 Å². The largest absolute Gasteiger partial charge is 0.377 e. The molecule has 1 aromatic carbocycles. The smallest absolute Gasteiger partial charge is 0.0604 e. The molecule has 90 valence electrons. The van der Waals surface area contributed by atoms with Crippen molar-refractivity contribution in [3.63, 3.8) is 0 Å². The minimum atomic E-state index is 0.425. The number of thiophene rings is 1. The molecule has 2 rings (SSSR count). The number of benzene rings is 1. The molecule has 0 spiro atoms. The van der Waals surface area contributed by atoms with Crippen LogP contribution in [0, 0.1) is 10.5 Å². The van der Waals surface area contributed by atoms with Gasteiger partial charge in [-0.05, 0) is 65.1 Å². The molecule has 0 fully saturated rings. The van der Waals surface area contributed by atoms with Gasteiger partial charge in [0.05, 0.1) is 6.04 Å². The van der Waals surface area contributed by atoms with Crippen LogP contribution in [-0.2, 0) is 0 Å². The van der Waals surface area contributed by atoms with Crippen LogP contribution in [-0.4, -0.2) is 0 Å². The van der Waals surface area contributed by atoms with E-state index >= 15 is 0 Å². The van der Waals surface area contributed by atoms with Crippen molar-refractivity contribution in [1.82, 2.24) is 0 Å². The molecular formula is C14H16INS. The van der Waals surface area contributed by atoms with Gasteiger partial charge in [0.1, 0.15) is 0 Å². The Morgan fingerprint density at radius 1 is 1.35 bits per heavy atom. The summed E-state index contributed by atoms with van der Waals surface area (Å²) >= 11 is 4.20. The van der Waals surface area contributed by atoms with Crippen molar-refractivity contribution < 1.29 is 0 Å². The number of hydrogen-bond acceptors (Lipinski definition) is 2. The molecule has 0 saturated carbocycles. The van der Waals surface area contributed by atoms with E-state index in [4.69, 9.17) is 0 Å². The fourth-order valence-corrected chi connectivity index (χ4v) is 3.12. The van der Waals surface area contributed by atoms with Crippen LogP contribution in [0.2, 0.25) is 0 Å². The van der Waals surface area contributed by atoms with Gasteiger partial charge in [0.15, 0.2) is 0 Å². The highest BCUT2D eigenvalue weighted by Crippen LogP contribution is 2.27. The Bertz CT molecular complexity index is 479. The average Bonchev–Trinajstić information content (AvgIpc) is 2.84. The van der Waals surface area contributed by atoms with E-state index < -0.39 is 0 Å². The molecule has 0 aliphatic carbocycles. The van der Waals surface area contributed by atoms with E-state index in [1.807, 2.05) is 11.3 Å². The Kier molecular flexibility index (Phi) is 4.45. The van der Waals surface area contributed by atoms with Gasteiger partial charge in [-0.1, -0.05) is 19.1 Å². The minimum absolute atomic E-state index is 0.425. The molecule has 1 heterocycles. The molecule has 1 atom stereocenters. The molecule has 1 nitrogen and oxygen atoms in total. The molecule has 1 aromatic heterocycles. The first-order valence-electron chi connectivity index (χ1n) is 5.76. The van der Waals surface area contributed by atoms with Crippen LogP contribution < -0.4 is 5.32 Å². The highest BCUT2D eigenvalue weighted by Gasteiger charge is 2.10. The van der Waals surface area contributed by atoms with Gasteiger partial charge in [0, 0.05) is 14.1 Å². The fourth-order valence-electron chi connectivity index (χ4n) is 1.75. The monoisotopic (exact) mass is 357 g/mol. The molecule has 1 N–H and O–H groups in total. The Morgan fingerprint density at radius 2 is 2.18 bits per heavy atom. The van der Waals surface area contributed by atoms with Crippen LogP contribution in [0.5, 0.6) is 0 Å². The van der Waals surface area contributed by atoms with Crippen LogP contribution >= 0.6 is 33.9 Å². The van der Waals surface area contributed by atoms with Crippen molar-refractivity contribution in [2.24, 2.45) is 0 Å². The lowest BCUT2D eigenvalue weighted by Gasteiger charge is -2.17. The lowest BCUT2D eigenvalue weighted by Crippen LogP contribution is -2.08. The highest BCUT2D eigenvalue weighted by molar-refractivity contribution is 14.1. The third-order valence-corrected chi connectivity index (χ3v) is 4.96. The Labute approximate surface area is 120 Å². The van der Waals surface area contributed by atoms with E-state index in [1.165, 1.54) is 19.7 Å². The van der Waals surface area contributed by atoms with Crippen molar-refractivity contribution in [3.8, 4) is 0 Å². The number of hydrogen-bond donors (Lipinski definition) is 1. The summed E-state index contributed by atoms with van der Waals surface area (Å²) in [6.45, 7) is 4.36. The average molecular weight is 357 g/mol. The first kappa shape index (κ1) is 12.9. The topological polar surface area (TPSA) is 12.0 Å². The second-order valence-electron chi connectivity index (χ2n) is 4.08. The number of anilines is 1. The molecule has 0 aliphatic rings. The van der Waals surface area contributed by atoms with Crippen molar-refractivity contribution in [2.45, 2.75) is 26.3 Å². The summed E-state index contributed by atoms with van der Waals surface area (Å²) < 4.78 is 1.31. The summed E-state index contributed by atoms with van der Waals surface area (Å²) in [4.78, 5) is 1.41. The summed E-state index contributed by atoms with van der Waals surface area (Å²) in [7, 11) is 0. The Morgan fingerprint density at radius 3 is 2.76 bits per heavy atom. The zero-order valence-electron chi connectivity index (χ0n) is 10.0. The predicted molar refractivity (Wildman–Crippen MR) is 84.9 cm³/mol. The third kappa shape index (κ3) is 3.22. The van der Waals surface area contributed by atoms with Crippen molar-refractivity contribution in [1.29, 1.82) is 0 Å². The summed E-state index contributed by atoms with van der Waals surface area (Å²) in [6.07, 6.45) is 1.10. The van der Waals surface area contributed by atoms with Crippen molar-refractivity contribution in [2.75, 3.05) is 5.32 Å². The second-order valence-corrected chi connectivity index (χ2v) is 6.23. The van der Waals surface area contributed by atoms with E-state index in [-0.39, 0.29) is 0 Å². The van der Waals surface area contributed by atoms with Gasteiger partial charge < -0.3 is 5.32 Å². The predicted octanol–water partition coefficient (Wildman–Crippen LogP) is 5.22. The standard InChI is InChI=1S/C14H16INS/c1-3-13(14-5-4-8-17-14)16-11-7-6-10(2)12(15)9-11/h4-9,13,16H,3H2,1-2H3. The van der Waals surface area contributed by atoms with E-state index in [1.54, 1.807) is 0 Å². The van der Waals surface area contributed by atoms with Crippen LogP contribution in [0.4, 0.5) is 5.69 Å². The summed E-state index contributed by atoms with van der Waals surface area (Å²) in [5.74, 6) is 0. The lowest BCUT2D eigenvalue weighted by molar-refractivity contribution is 0.764. The second kappa shape index (κ2) is 5.87. The zero-order valence-corrected chi connectivity index (χ0v) is 13.0. The first-order chi connectivity index (χ1) is 8.20. The van der Waals surface area contributed by atoms with Gasteiger partial charge >= 0.3 is 0 Å². The van der Waals surface area contributed by atoms with Gasteiger partial charge in [0.2, 0.25) is 0 Å². The number of nitrogens with one attached hydrogen (secondary N) is 1. The van der Waals surface area contributed by atoms with Crippen molar-refractivity contribution >= 4 is 39.6 Å². The highest BCUT2D eigenvalue weighted by atomic mass is 127. The van der Waals surface area contributed by atoms with Gasteiger partial charge in [0.25, 0.3) is 0 Å². The van der Waals surface area contributed by atoms with Gasteiger partial charge in [-0.25, -0.2) is 0 Å². The van der Waals surface area contributed by atoms with Gasteiger partial charge in [-0.15, -0.1) is 11.3 Å². The van der Waals surface area contributed by atoms with Gasteiger partial charge in [-0.2, -0.15) is 0 Å². The van der Waals surface area contributed by atoms with Crippen molar-refractivity contribution in [3.05, 3.63) is 49.7 Å². The minimum Gasteiger partial charge on any atom is -0.377 e. The third-order valence-electron chi connectivity index (χ3n) is 2.81. The van der Waals surface area contributed by atoms with Gasteiger partial charge in [-0.3, -0.25) is 0 Å². The maximum absolute atomic E-state index is 3.60. The molecule has 0 amide bonds. The SMILES string of the molecule is CCC(Nc1ccc(C)c(I)c1)c1cccs1. The molecule has 0 aliphatic heterocycles. The Balaban J connectivity index is 2.16. The first-order valence-corrected chi connectivity index (χ1v) is 7.72. The zero-order chi connectivity index (χ0) is 12.3. The normalized spacial score (nSPS) is 12.4. The summed E-state index contributed by atoms with van der Waals surface area (Å²) in [5, 5.41) is 5.74. The molecule has 0 bridgehead atoms. The number of rotatable bonds is 4. The molecular weight excluding hydrogens is 341 g/mol. The molecule has 1 unspecified atom stereocenters. The molecule has 3 heteroatoms. The van der Waals surface area contributed by atoms with Crippen LogP contribution in [0.3, 0.4) is 0 Å². The quantitative estimate of drug-likeness (QED) is 0.740. The van der Waals surface area contributed by atoms with E-state index in [0.717, 1.165) is 6.42 Å². The number of aryl methyl sites for hydroxylation is 1. The Hall–Kier alpha value is -0.550. The fraction of sp³-hybridized carbons (Fsp3) is 0.286. The molecule has 17 heavy (non-hydrogen) atoms. The lowest BCUT2D eigenvalue weighted by atomic mass is 10.1. The summed E-state index contributed by atoms with van der Waals surface area (Å²) in [5.41, 5.74) is 2.54. The summed E-state index contributed by atoms with van der Waals surface area (Å²) in [6, 6.07) is 11.3. The molecule has 2 aromatic rings. The maximum atomic E-state index is 3.60. The molecule has 0 saturated heterocycles. The number of halogens is 1. The maximum Gasteiger partial charge on any atom is 0.0604 e. The van der Waals surface area contributed by atoms with Crippen LogP contribution in [0.1, 0.15) is 29.8 Å². The van der Waals surface area contributed by atoms with E-state index in [0.29, 0.717) is 6.04 Å². The molecule has 0 radical (unpaired) electrons. The van der Waals surface area contributed by atoms with E-state index in [2.05, 4.69) is 77.5 Å². The van der Waals surface area contributed by atoms with Crippen LogP contribution in [0.15, 0.2) is 35.7 Å². The van der Waals surface area contributed by atoms with Crippen LogP contribution in [0.25, 0.3) is 0 Å².